The van der Waals surface area contributed by atoms with Gasteiger partial charge in [0.25, 0.3) is 0 Å². The summed E-state index contributed by atoms with van der Waals surface area (Å²) in [5, 5.41) is 3.58. The lowest BCUT2D eigenvalue weighted by molar-refractivity contribution is -0.137. The highest BCUT2D eigenvalue weighted by atomic mass is 16.2. The minimum absolute atomic E-state index is 0.295. The van der Waals surface area contributed by atoms with Crippen molar-refractivity contribution in [2.75, 3.05) is 18.4 Å². The van der Waals surface area contributed by atoms with E-state index >= 15 is 0 Å². The maximum atomic E-state index is 13.4. The molecule has 2 aliphatic rings. The Kier molecular flexibility index (Phi) is 5.32. The van der Waals surface area contributed by atoms with E-state index in [4.69, 9.17) is 6.42 Å². The first-order chi connectivity index (χ1) is 12.3. The Hall–Kier alpha value is -1.95. The molecule has 1 amide bonds. The fourth-order valence-corrected chi connectivity index (χ4v) is 4.55. The van der Waals surface area contributed by atoms with Crippen molar-refractivity contribution in [3.8, 4) is 12.3 Å². The summed E-state index contributed by atoms with van der Waals surface area (Å²) in [6, 6.07) is 7.86. The second-order valence-corrected chi connectivity index (χ2v) is 9.07. The summed E-state index contributed by atoms with van der Waals surface area (Å²) in [4.78, 5) is 15.5. The Morgan fingerprint density at radius 3 is 2.23 bits per heavy atom. The lowest BCUT2D eigenvalue weighted by Crippen LogP contribution is -2.54. The van der Waals surface area contributed by atoms with Crippen molar-refractivity contribution in [3.05, 3.63) is 29.8 Å². The molecule has 26 heavy (non-hydrogen) atoms. The molecule has 0 spiro atoms. The maximum absolute atomic E-state index is 13.4. The second-order valence-electron chi connectivity index (χ2n) is 9.07. The van der Waals surface area contributed by atoms with Gasteiger partial charge in [0.05, 0.1) is 0 Å². The van der Waals surface area contributed by atoms with Gasteiger partial charge in [-0.1, -0.05) is 39.5 Å². The quantitative estimate of drug-likeness (QED) is 0.801. The van der Waals surface area contributed by atoms with Gasteiger partial charge in [-0.15, -0.1) is 6.42 Å². The number of hydrogen-bond donors (Lipinski definition) is 1. The molecule has 1 aromatic carbocycles. The van der Waals surface area contributed by atoms with E-state index in [1.165, 1.54) is 0 Å². The number of carbonyl (C=O) groups is 1. The number of hydrogen-bond acceptors (Lipinski definition) is 2. The molecular weight excluding hydrogens is 320 g/mol. The number of carbonyl (C=O) groups excluding carboxylic acids is 1. The van der Waals surface area contributed by atoms with Crippen LogP contribution in [0.4, 0.5) is 5.69 Å². The predicted octanol–water partition coefficient (Wildman–Crippen LogP) is 4.68. The van der Waals surface area contributed by atoms with Crippen LogP contribution in [-0.4, -0.2) is 29.4 Å². The maximum Gasteiger partial charge on any atom is 0.248 e. The summed E-state index contributed by atoms with van der Waals surface area (Å²) in [6.45, 7) is 8.72. The van der Waals surface area contributed by atoms with Gasteiger partial charge < -0.3 is 10.2 Å². The van der Waals surface area contributed by atoms with Crippen molar-refractivity contribution in [1.29, 1.82) is 0 Å². The van der Waals surface area contributed by atoms with Gasteiger partial charge in [0.2, 0.25) is 5.91 Å². The van der Waals surface area contributed by atoms with Gasteiger partial charge in [0, 0.05) is 24.3 Å². The Bertz CT molecular complexity index is 664. The van der Waals surface area contributed by atoms with Gasteiger partial charge in [-0.2, -0.15) is 0 Å². The highest BCUT2D eigenvalue weighted by Gasteiger charge is 2.44. The van der Waals surface area contributed by atoms with Crippen LogP contribution in [-0.2, 0) is 4.79 Å². The Morgan fingerprint density at radius 1 is 1.15 bits per heavy atom. The third-order valence-corrected chi connectivity index (χ3v) is 6.31. The highest BCUT2D eigenvalue weighted by molar-refractivity contribution is 5.90. The van der Waals surface area contributed by atoms with E-state index < -0.39 is 5.54 Å². The third-order valence-electron chi connectivity index (χ3n) is 6.31. The normalized spacial score (nSPS) is 20.6. The fourth-order valence-electron chi connectivity index (χ4n) is 4.55. The average Bonchev–Trinajstić information content (AvgIpc) is 3.11. The summed E-state index contributed by atoms with van der Waals surface area (Å²) in [5.41, 5.74) is 1.75. The first-order valence-corrected chi connectivity index (χ1v) is 9.98. The van der Waals surface area contributed by atoms with Gasteiger partial charge in [-0.3, -0.25) is 4.79 Å². The molecule has 1 aliphatic carbocycles. The minimum Gasteiger partial charge on any atom is -0.371 e. The monoisotopic (exact) mass is 352 g/mol. The molecular formula is C23H32N2O. The number of piperidine rings is 1. The molecule has 0 bridgehead atoms. The zero-order chi connectivity index (χ0) is 18.8. The average molecular weight is 353 g/mol. The lowest BCUT2D eigenvalue weighted by Gasteiger charge is -2.42. The number of benzene rings is 1. The number of nitrogens with one attached hydrogen (secondary N) is 1. The third kappa shape index (κ3) is 3.90. The zero-order valence-corrected chi connectivity index (χ0v) is 16.5. The van der Waals surface area contributed by atoms with Crippen molar-refractivity contribution in [2.24, 2.45) is 11.3 Å². The van der Waals surface area contributed by atoms with Crippen molar-refractivity contribution in [1.82, 2.24) is 4.90 Å². The standard InChI is InChI=1S/C23H32N2O/c1-5-18-8-10-20(11-9-18)24-23(14-6-7-15-23)21(26)25-16-12-19(13-17-25)22(2,3)4/h1,8-11,19,24H,6-7,12-17H2,2-4H3. The van der Waals surface area contributed by atoms with E-state index in [1.54, 1.807) is 0 Å². The van der Waals surface area contributed by atoms with Crippen molar-refractivity contribution >= 4 is 11.6 Å². The molecule has 3 heteroatoms. The molecule has 1 N–H and O–H groups in total. The van der Waals surface area contributed by atoms with E-state index in [0.717, 1.165) is 62.9 Å². The Morgan fingerprint density at radius 2 is 1.73 bits per heavy atom. The van der Waals surface area contributed by atoms with Gasteiger partial charge in [0.15, 0.2) is 0 Å². The summed E-state index contributed by atoms with van der Waals surface area (Å²) in [7, 11) is 0. The molecule has 0 radical (unpaired) electrons. The molecule has 0 aromatic heterocycles. The molecule has 1 aromatic rings. The van der Waals surface area contributed by atoms with Gasteiger partial charge >= 0.3 is 0 Å². The molecule has 2 fully saturated rings. The number of rotatable bonds is 3. The van der Waals surface area contributed by atoms with E-state index in [9.17, 15) is 4.79 Å². The van der Waals surface area contributed by atoms with Gasteiger partial charge in [0.1, 0.15) is 5.54 Å². The summed E-state index contributed by atoms with van der Waals surface area (Å²) in [5.74, 6) is 3.64. The van der Waals surface area contributed by atoms with Crippen LogP contribution < -0.4 is 5.32 Å². The van der Waals surface area contributed by atoms with Crippen LogP contribution in [0, 0.1) is 23.7 Å². The molecule has 1 heterocycles. The largest absolute Gasteiger partial charge is 0.371 e. The topological polar surface area (TPSA) is 32.3 Å². The van der Waals surface area contributed by atoms with Gasteiger partial charge in [-0.05, 0) is 61.3 Å². The number of terminal acetylenes is 1. The number of nitrogens with zero attached hydrogens (tertiary/aromatic N) is 1. The molecule has 1 aliphatic heterocycles. The molecule has 1 saturated heterocycles. The number of anilines is 1. The lowest BCUT2D eigenvalue weighted by atomic mass is 9.75. The SMILES string of the molecule is C#Cc1ccc(NC2(C(=O)N3CCC(C(C)(C)C)CC3)CCCC2)cc1. The molecule has 0 unspecified atom stereocenters. The second kappa shape index (κ2) is 7.35. The van der Waals surface area contributed by atoms with Crippen molar-refractivity contribution in [3.63, 3.8) is 0 Å². The molecule has 3 rings (SSSR count). The van der Waals surface area contributed by atoms with Crippen molar-refractivity contribution in [2.45, 2.75) is 64.8 Å². The molecule has 1 saturated carbocycles. The van der Waals surface area contributed by atoms with Crippen molar-refractivity contribution < 1.29 is 4.79 Å². The first kappa shape index (κ1) is 18.8. The van der Waals surface area contributed by atoms with Crippen LogP contribution in [0.5, 0.6) is 0 Å². The smallest absolute Gasteiger partial charge is 0.248 e. The minimum atomic E-state index is -0.438. The summed E-state index contributed by atoms with van der Waals surface area (Å²) in [6.07, 6.45) is 11.7. The first-order valence-electron chi connectivity index (χ1n) is 9.98. The fraction of sp³-hybridized carbons (Fsp3) is 0.609. The Labute approximate surface area is 158 Å². The summed E-state index contributed by atoms with van der Waals surface area (Å²) < 4.78 is 0. The van der Waals surface area contributed by atoms with Crippen LogP contribution in [0.25, 0.3) is 0 Å². The van der Waals surface area contributed by atoms with Crippen LogP contribution in [0.3, 0.4) is 0 Å². The summed E-state index contributed by atoms with van der Waals surface area (Å²) >= 11 is 0. The number of amides is 1. The van der Waals surface area contributed by atoms with Crippen LogP contribution in [0.2, 0.25) is 0 Å². The van der Waals surface area contributed by atoms with Crippen LogP contribution >= 0.6 is 0 Å². The molecule has 3 nitrogen and oxygen atoms in total. The molecule has 140 valence electrons. The molecule has 0 atom stereocenters. The van der Waals surface area contributed by atoms with Crippen LogP contribution in [0.15, 0.2) is 24.3 Å². The highest BCUT2D eigenvalue weighted by Crippen LogP contribution is 2.38. The zero-order valence-electron chi connectivity index (χ0n) is 16.5. The van der Waals surface area contributed by atoms with E-state index in [1.807, 2.05) is 24.3 Å². The number of likely N-dealkylation sites (tertiary alicyclic amines) is 1. The predicted molar refractivity (Wildman–Crippen MR) is 108 cm³/mol. The Balaban J connectivity index is 1.71. The van der Waals surface area contributed by atoms with E-state index in [-0.39, 0.29) is 0 Å². The van der Waals surface area contributed by atoms with Gasteiger partial charge in [-0.25, -0.2) is 0 Å². The van der Waals surface area contributed by atoms with E-state index in [2.05, 4.69) is 36.9 Å². The van der Waals surface area contributed by atoms with E-state index in [0.29, 0.717) is 17.2 Å². The van der Waals surface area contributed by atoms with Crippen LogP contribution in [0.1, 0.15) is 64.9 Å².